The number of hydrogen-bond donors (Lipinski definition) is 2. The summed E-state index contributed by atoms with van der Waals surface area (Å²) < 4.78 is 5.27. The lowest BCUT2D eigenvalue weighted by Gasteiger charge is -2.28. The topological polar surface area (TPSA) is 119 Å². The molecule has 2 atom stereocenters. The molecule has 1 saturated heterocycles. The number of nitrogens with zero attached hydrogens (tertiary/aromatic N) is 1. The number of carboxylic acid groups (broad SMARTS) is 1. The zero-order chi connectivity index (χ0) is 17.0. The largest absolute Gasteiger partial charge is 0.480 e. The molecule has 0 radical (unpaired) electrons. The normalized spacial score (nSPS) is 18.9. The van der Waals surface area contributed by atoms with Gasteiger partial charge in [0.25, 0.3) is 11.6 Å². The number of aryl methyl sites for hydroxylation is 1. The molecule has 8 nitrogen and oxygen atoms in total. The lowest BCUT2D eigenvalue weighted by molar-refractivity contribution is -0.385. The summed E-state index contributed by atoms with van der Waals surface area (Å²) in [4.78, 5) is 33.9. The highest BCUT2D eigenvalue weighted by atomic mass is 16.6. The maximum atomic E-state index is 12.3. The molecular formula is C15H18N2O6. The number of amides is 1. The first-order valence-electron chi connectivity index (χ1n) is 7.26. The van der Waals surface area contributed by atoms with Gasteiger partial charge in [-0.25, -0.2) is 4.79 Å². The minimum Gasteiger partial charge on any atom is -0.480 e. The first-order chi connectivity index (χ1) is 10.9. The highest BCUT2D eigenvalue weighted by Gasteiger charge is 2.31. The molecule has 2 rings (SSSR count). The molecule has 8 heteroatoms. The van der Waals surface area contributed by atoms with Gasteiger partial charge in [0.1, 0.15) is 6.04 Å². The second-order valence-corrected chi connectivity index (χ2v) is 5.52. The molecule has 1 fully saturated rings. The molecule has 0 saturated carbocycles. The number of nitro groups is 1. The second kappa shape index (κ2) is 7.19. The van der Waals surface area contributed by atoms with Crippen molar-refractivity contribution in [2.75, 3.05) is 13.2 Å². The van der Waals surface area contributed by atoms with Crippen molar-refractivity contribution in [2.45, 2.75) is 25.8 Å². The summed E-state index contributed by atoms with van der Waals surface area (Å²) in [6.07, 6.45) is 1.41. The fourth-order valence-electron chi connectivity index (χ4n) is 2.64. The predicted molar refractivity (Wildman–Crippen MR) is 80.3 cm³/mol. The van der Waals surface area contributed by atoms with Crippen LogP contribution in [-0.4, -0.2) is 41.2 Å². The fraction of sp³-hybridized carbons (Fsp3) is 0.467. The molecule has 1 aromatic rings. The van der Waals surface area contributed by atoms with E-state index in [-0.39, 0.29) is 23.8 Å². The number of nitrogens with one attached hydrogen (secondary N) is 1. The van der Waals surface area contributed by atoms with Crippen molar-refractivity contribution < 1.29 is 24.4 Å². The van der Waals surface area contributed by atoms with E-state index in [1.54, 1.807) is 0 Å². The van der Waals surface area contributed by atoms with Gasteiger partial charge in [0.05, 0.1) is 11.5 Å². The fourth-order valence-corrected chi connectivity index (χ4v) is 2.64. The van der Waals surface area contributed by atoms with Crippen molar-refractivity contribution in [3.05, 3.63) is 39.4 Å². The average molecular weight is 322 g/mol. The number of rotatable bonds is 5. The first-order valence-corrected chi connectivity index (χ1v) is 7.26. The van der Waals surface area contributed by atoms with E-state index in [0.29, 0.717) is 18.6 Å². The van der Waals surface area contributed by atoms with E-state index in [9.17, 15) is 24.8 Å². The van der Waals surface area contributed by atoms with E-state index in [0.717, 1.165) is 6.42 Å². The van der Waals surface area contributed by atoms with Gasteiger partial charge in [-0.15, -0.1) is 0 Å². The zero-order valence-electron chi connectivity index (χ0n) is 12.7. The Kier molecular flexibility index (Phi) is 5.28. The molecule has 0 bridgehead atoms. The average Bonchev–Trinajstić information content (AvgIpc) is 2.52. The Morgan fingerprint density at radius 2 is 2.22 bits per heavy atom. The minimum absolute atomic E-state index is 0.0861. The van der Waals surface area contributed by atoms with Crippen LogP contribution in [0.4, 0.5) is 5.69 Å². The standard InChI is InChI=1S/C15H18N2O6/c1-9-7-10(4-5-12(9)17(21)22)14(18)16-13(15(19)20)11-3-2-6-23-8-11/h4-5,7,11,13H,2-3,6,8H2,1H3,(H,16,18)(H,19,20). The molecule has 23 heavy (non-hydrogen) atoms. The van der Waals surface area contributed by atoms with Gasteiger partial charge in [0.15, 0.2) is 0 Å². The summed E-state index contributed by atoms with van der Waals surface area (Å²) in [7, 11) is 0. The van der Waals surface area contributed by atoms with Crippen LogP contribution in [0.1, 0.15) is 28.8 Å². The van der Waals surface area contributed by atoms with Gasteiger partial charge >= 0.3 is 5.97 Å². The van der Waals surface area contributed by atoms with Crippen LogP contribution in [0.15, 0.2) is 18.2 Å². The van der Waals surface area contributed by atoms with E-state index in [1.807, 2.05) is 0 Å². The summed E-state index contributed by atoms with van der Waals surface area (Å²) in [5, 5.41) is 22.6. The van der Waals surface area contributed by atoms with E-state index in [2.05, 4.69) is 5.32 Å². The van der Waals surface area contributed by atoms with Crippen molar-refractivity contribution in [1.82, 2.24) is 5.32 Å². The molecule has 0 spiro atoms. The van der Waals surface area contributed by atoms with Gasteiger partial charge < -0.3 is 15.2 Å². The van der Waals surface area contributed by atoms with Crippen LogP contribution in [-0.2, 0) is 9.53 Å². The number of benzene rings is 1. The lowest BCUT2D eigenvalue weighted by atomic mass is 9.93. The van der Waals surface area contributed by atoms with Gasteiger partial charge in [0.2, 0.25) is 0 Å². The van der Waals surface area contributed by atoms with E-state index in [1.165, 1.54) is 25.1 Å². The predicted octanol–water partition coefficient (Wildman–Crippen LogP) is 1.51. The maximum absolute atomic E-state index is 12.3. The van der Waals surface area contributed by atoms with E-state index >= 15 is 0 Å². The van der Waals surface area contributed by atoms with Gasteiger partial charge in [0, 0.05) is 29.7 Å². The summed E-state index contributed by atoms with van der Waals surface area (Å²) in [6.45, 7) is 2.41. The molecule has 1 aliphatic rings. The molecule has 2 N–H and O–H groups in total. The van der Waals surface area contributed by atoms with Crippen molar-refractivity contribution >= 4 is 17.6 Å². The van der Waals surface area contributed by atoms with Crippen LogP contribution in [0.2, 0.25) is 0 Å². The van der Waals surface area contributed by atoms with Crippen molar-refractivity contribution in [1.29, 1.82) is 0 Å². The highest BCUT2D eigenvalue weighted by molar-refractivity contribution is 5.97. The van der Waals surface area contributed by atoms with Crippen molar-refractivity contribution in [3.63, 3.8) is 0 Å². The van der Waals surface area contributed by atoms with Crippen LogP contribution in [0.25, 0.3) is 0 Å². The van der Waals surface area contributed by atoms with Crippen LogP contribution in [0.5, 0.6) is 0 Å². The lowest BCUT2D eigenvalue weighted by Crippen LogP contribution is -2.48. The Morgan fingerprint density at radius 3 is 2.74 bits per heavy atom. The van der Waals surface area contributed by atoms with Crippen molar-refractivity contribution in [2.24, 2.45) is 5.92 Å². The number of aliphatic carboxylic acids is 1. The Balaban J connectivity index is 2.13. The van der Waals surface area contributed by atoms with E-state index < -0.39 is 22.8 Å². The van der Waals surface area contributed by atoms with Gasteiger partial charge in [-0.3, -0.25) is 14.9 Å². The van der Waals surface area contributed by atoms with Gasteiger partial charge in [-0.05, 0) is 31.9 Å². The SMILES string of the molecule is Cc1cc(C(=O)NC(C(=O)O)C2CCCOC2)ccc1[N+](=O)[O-]. The third-order valence-electron chi connectivity index (χ3n) is 3.88. The van der Waals surface area contributed by atoms with Crippen molar-refractivity contribution in [3.8, 4) is 0 Å². The number of carbonyl (C=O) groups excluding carboxylic acids is 1. The maximum Gasteiger partial charge on any atom is 0.326 e. The molecule has 1 amide bonds. The molecular weight excluding hydrogens is 304 g/mol. The minimum atomic E-state index is -1.12. The van der Waals surface area contributed by atoms with Crippen LogP contribution < -0.4 is 5.32 Å². The quantitative estimate of drug-likeness (QED) is 0.626. The summed E-state index contributed by atoms with van der Waals surface area (Å²) in [6, 6.07) is 2.89. The molecule has 2 unspecified atom stereocenters. The van der Waals surface area contributed by atoms with Crippen LogP contribution in [0, 0.1) is 23.0 Å². The smallest absolute Gasteiger partial charge is 0.326 e. The third kappa shape index (κ3) is 4.04. The Hall–Kier alpha value is -2.48. The molecule has 0 aliphatic carbocycles. The first kappa shape index (κ1) is 16.9. The monoisotopic (exact) mass is 322 g/mol. The van der Waals surface area contributed by atoms with E-state index in [4.69, 9.17) is 4.74 Å². The summed E-state index contributed by atoms with van der Waals surface area (Å²) in [5.74, 6) is -1.97. The highest BCUT2D eigenvalue weighted by Crippen LogP contribution is 2.21. The summed E-state index contributed by atoms with van der Waals surface area (Å²) >= 11 is 0. The molecule has 124 valence electrons. The van der Waals surface area contributed by atoms with Gasteiger partial charge in [-0.2, -0.15) is 0 Å². The van der Waals surface area contributed by atoms with Gasteiger partial charge in [-0.1, -0.05) is 0 Å². The number of carbonyl (C=O) groups is 2. The zero-order valence-corrected chi connectivity index (χ0v) is 12.7. The number of carboxylic acids is 1. The number of hydrogen-bond acceptors (Lipinski definition) is 5. The number of ether oxygens (including phenoxy) is 1. The number of nitro benzene ring substituents is 1. The Labute approximate surface area is 132 Å². The Morgan fingerprint density at radius 1 is 1.48 bits per heavy atom. The molecule has 1 aromatic carbocycles. The molecule has 1 heterocycles. The summed E-state index contributed by atoms with van der Waals surface area (Å²) in [5.41, 5.74) is 0.448. The van der Waals surface area contributed by atoms with Crippen LogP contribution in [0.3, 0.4) is 0 Å². The molecule has 1 aliphatic heterocycles. The molecule has 0 aromatic heterocycles. The Bertz CT molecular complexity index is 624. The second-order valence-electron chi connectivity index (χ2n) is 5.52. The third-order valence-corrected chi connectivity index (χ3v) is 3.88. The van der Waals surface area contributed by atoms with Crippen LogP contribution >= 0.6 is 0 Å².